The van der Waals surface area contributed by atoms with E-state index in [0.29, 0.717) is 5.92 Å². The summed E-state index contributed by atoms with van der Waals surface area (Å²) < 4.78 is 0. The number of likely N-dealkylation sites (tertiary alicyclic amines) is 1. The van der Waals surface area contributed by atoms with Crippen LogP contribution in [0.3, 0.4) is 0 Å². The van der Waals surface area contributed by atoms with Crippen molar-refractivity contribution < 1.29 is 9.90 Å². The summed E-state index contributed by atoms with van der Waals surface area (Å²) in [5, 5.41) is 9.17. The molecule has 1 heterocycles. The highest BCUT2D eigenvalue weighted by atomic mass is 16.4. The normalized spacial score (nSPS) is 30.3. The van der Waals surface area contributed by atoms with Crippen molar-refractivity contribution in [1.82, 2.24) is 4.90 Å². The first-order chi connectivity index (χ1) is 6.54. The lowest BCUT2D eigenvalue weighted by Gasteiger charge is -2.33. The highest BCUT2D eigenvalue weighted by molar-refractivity contribution is 5.71. The fourth-order valence-electron chi connectivity index (χ4n) is 2.60. The molecule has 1 rings (SSSR count). The second kappa shape index (κ2) is 4.78. The molecular weight excluding hydrogens is 178 g/mol. The van der Waals surface area contributed by atoms with Gasteiger partial charge in [-0.05, 0) is 32.4 Å². The Kier molecular flexibility index (Phi) is 3.93. The second-order valence-corrected chi connectivity index (χ2v) is 4.66. The maximum Gasteiger partial charge on any atom is 0.308 e. The highest BCUT2D eigenvalue weighted by Gasteiger charge is 2.34. The molecular formula is C11H21NO2. The van der Waals surface area contributed by atoms with Crippen molar-refractivity contribution in [3.63, 3.8) is 0 Å². The van der Waals surface area contributed by atoms with Crippen molar-refractivity contribution in [3.8, 4) is 0 Å². The molecule has 1 aliphatic heterocycles. The van der Waals surface area contributed by atoms with E-state index in [9.17, 15) is 9.90 Å². The Labute approximate surface area is 86.1 Å². The molecule has 0 aromatic rings. The monoisotopic (exact) mass is 199 g/mol. The zero-order valence-electron chi connectivity index (χ0n) is 9.36. The topological polar surface area (TPSA) is 40.5 Å². The summed E-state index contributed by atoms with van der Waals surface area (Å²) in [6.45, 7) is 5.26. The van der Waals surface area contributed by atoms with E-state index in [1.165, 1.54) is 0 Å². The SMILES string of the molecule is CC(C)C1C(C(=O)O)CCCCN1C. The molecule has 0 aliphatic carbocycles. The molecule has 0 radical (unpaired) electrons. The Morgan fingerprint density at radius 3 is 2.57 bits per heavy atom. The third-order valence-corrected chi connectivity index (χ3v) is 3.20. The Hall–Kier alpha value is -0.570. The van der Waals surface area contributed by atoms with Crippen molar-refractivity contribution in [2.75, 3.05) is 13.6 Å². The molecule has 82 valence electrons. The molecule has 3 nitrogen and oxygen atoms in total. The van der Waals surface area contributed by atoms with Crippen LogP contribution in [0.2, 0.25) is 0 Å². The molecule has 14 heavy (non-hydrogen) atoms. The third-order valence-electron chi connectivity index (χ3n) is 3.20. The smallest absolute Gasteiger partial charge is 0.308 e. The van der Waals surface area contributed by atoms with Gasteiger partial charge in [-0.1, -0.05) is 20.3 Å². The van der Waals surface area contributed by atoms with Crippen LogP contribution in [0.4, 0.5) is 0 Å². The summed E-state index contributed by atoms with van der Waals surface area (Å²) >= 11 is 0. The predicted octanol–water partition coefficient (Wildman–Crippen LogP) is 1.83. The van der Waals surface area contributed by atoms with Gasteiger partial charge in [-0.15, -0.1) is 0 Å². The summed E-state index contributed by atoms with van der Waals surface area (Å²) in [5.74, 6) is -0.390. The molecule has 0 bridgehead atoms. The van der Waals surface area contributed by atoms with Crippen LogP contribution in [-0.4, -0.2) is 35.6 Å². The van der Waals surface area contributed by atoms with Gasteiger partial charge < -0.3 is 10.0 Å². The molecule has 0 saturated carbocycles. The Morgan fingerprint density at radius 2 is 2.07 bits per heavy atom. The number of rotatable bonds is 2. The molecule has 0 amide bonds. The Bertz CT molecular complexity index is 203. The van der Waals surface area contributed by atoms with Crippen molar-refractivity contribution in [2.45, 2.75) is 39.2 Å². The van der Waals surface area contributed by atoms with Gasteiger partial charge in [0.15, 0.2) is 0 Å². The number of aliphatic carboxylic acids is 1. The minimum atomic E-state index is -0.627. The van der Waals surface area contributed by atoms with Crippen LogP contribution in [-0.2, 0) is 4.79 Å². The van der Waals surface area contributed by atoms with E-state index >= 15 is 0 Å². The maximum atomic E-state index is 11.1. The van der Waals surface area contributed by atoms with Crippen molar-refractivity contribution >= 4 is 5.97 Å². The Balaban J connectivity index is 2.81. The number of carboxylic acids is 1. The molecule has 1 saturated heterocycles. The summed E-state index contributed by atoms with van der Waals surface area (Å²) in [6, 6.07) is 0.204. The summed E-state index contributed by atoms with van der Waals surface area (Å²) in [5.41, 5.74) is 0. The van der Waals surface area contributed by atoms with E-state index in [1.807, 2.05) is 7.05 Å². The summed E-state index contributed by atoms with van der Waals surface area (Å²) in [7, 11) is 2.05. The van der Waals surface area contributed by atoms with E-state index in [2.05, 4.69) is 18.7 Å². The fraction of sp³-hybridized carbons (Fsp3) is 0.909. The van der Waals surface area contributed by atoms with Gasteiger partial charge in [0.05, 0.1) is 5.92 Å². The van der Waals surface area contributed by atoms with Gasteiger partial charge in [-0.2, -0.15) is 0 Å². The highest BCUT2D eigenvalue weighted by Crippen LogP contribution is 2.27. The zero-order valence-corrected chi connectivity index (χ0v) is 9.36. The number of hydrogen-bond donors (Lipinski definition) is 1. The van der Waals surface area contributed by atoms with E-state index in [-0.39, 0.29) is 12.0 Å². The molecule has 2 unspecified atom stereocenters. The van der Waals surface area contributed by atoms with Crippen LogP contribution in [0.5, 0.6) is 0 Å². The fourth-order valence-corrected chi connectivity index (χ4v) is 2.60. The van der Waals surface area contributed by atoms with E-state index in [4.69, 9.17) is 0 Å². The maximum absolute atomic E-state index is 11.1. The van der Waals surface area contributed by atoms with Gasteiger partial charge in [0.1, 0.15) is 0 Å². The first-order valence-electron chi connectivity index (χ1n) is 5.47. The van der Waals surface area contributed by atoms with Crippen LogP contribution < -0.4 is 0 Å². The van der Waals surface area contributed by atoms with E-state index < -0.39 is 5.97 Å². The minimum Gasteiger partial charge on any atom is -0.481 e. The van der Waals surface area contributed by atoms with Crippen molar-refractivity contribution in [1.29, 1.82) is 0 Å². The average molecular weight is 199 g/mol. The number of carbonyl (C=O) groups is 1. The molecule has 3 heteroatoms. The van der Waals surface area contributed by atoms with Crippen LogP contribution in [0, 0.1) is 11.8 Å². The van der Waals surface area contributed by atoms with E-state index in [1.54, 1.807) is 0 Å². The van der Waals surface area contributed by atoms with Gasteiger partial charge in [0, 0.05) is 6.04 Å². The van der Waals surface area contributed by atoms with E-state index in [0.717, 1.165) is 25.8 Å². The first kappa shape index (κ1) is 11.5. The van der Waals surface area contributed by atoms with Crippen LogP contribution in [0.25, 0.3) is 0 Å². The van der Waals surface area contributed by atoms with Crippen LogP contribution in [0.1, 0.15) is 33.1 Å². The van der Waals surface area contributed by atoms with Gasteiger partial charge in [0.25, 0.3) is 0 Å². The minimum absolute atomic E-state index is 0.178. The summed E-state index contributed by atoms with van der Waals surface area (Å²) in [6.07, 6.45) is 3.01. The molecule has 1 aliphatic rings. The quantitative estimate of drug-likeness (QED) is 0.737. The molecule has 0 aromatic carbocycles. The van der Waals surface area contributed by atoms with Gasteiger partial charge in [0.2, 0.25) is 0 Å². The van der Waals surface area contributed by atoms with Crippen molar-refractivity contribution in [3.05, 3.63) is 0 Å². The van der Waals surface area contributed by atoms with Gasteiger partial charge in [-0.3, -0.25) is 4.79 Å². The summed E-state index contributed by atoms with van der Waals surface area (Å²) in [4.78, 5) is 13.4. The number of carboxylic acid groups (broad SMARTS) is 1. The lowest BCUT2D eigenvalue weighted by atomic mass is 9.87. The zero-order chi connectivity index (χ0) is 10.7. The Morgan fingerprint density at radius 1 is 1.43 bits per heavy atom. The number of nitrogens with zero attached hydrogens (tertiary/aromatic N) is 1. The molecule has 1 N–H and O–H groups in total. The molecule has 2 atom stereocenters. The third kappa shape index (κ3) is 2.47. The standard InChI is InChI=1S/C11H21NO2/c1-8(2)10-9(11(13)14)6-4-5-7-12(10)3/h8-10H,4-7H2,1-3H3,(H,13,14). The second-order valence-electron chi connectivity index (χ2n) is 4.66. The predicted molar refractivity (Wildman–Crippen MR) is 56.2 cm³/mol. The van der Waals surface area contributed by atoms with Crippen LogP contribution >= 0.6 is 0 Å². The number of hydrogen-bond acceptors (Lipinski definition) is 2. The van der Waals surface area contributed by atoms with Crippen molar-refractivity contribution in [2.24, 2.45) is 11.8 Å². The van der Waals surface area contributed by atoms with Crippen LogP contribution in [0.15, 0.2) is 0 Å². The van der Waals surface area contributed by atoms with Gasteiger partial charge in [-0.25, -0.2) is 0 Å². The lowest BCUT2D eigenvalue weighted by Crippen LogP contribution is -2.43. The largest absolute Gasteiger partial charge is 0.481 e. The molecule has 0 aromatic heterocycles. The molecule has 1 fully saturated rings. The lowest BCUT2D eigenvalue weighted by molar-refractivity contribution is -0.144. The van der Waals surface area contributed by atoms with Gasteiger partial charge >= 0.3 is 5.97 Å². The molecule has 0 spiro atoms. The average Bonchev–Trinajstić information content (AvgIpc) is 2.26. The first-order valence-corrected chi connectivity index (χ1v) is 5.47.